The summed E-state index contributed by atoms with van der Waals surface area (Å²) in [6.45, 7) is 5.87. The first kappa shape index (κ1) is 16.7. The van der Waals surface area contributed by atoms with Gasteiger partial charge in [0.1, 0.15) is 0 Å². The van der Waals surface area contributed by atoms with Gasteiger partial charge in [0.15, 0.2) is 0 Å². The second-order valence-corrected chi connectivity index (χ2v) is 6.31. The normalized spacial score (nSPS) is 12.2. The van der Waals surface area contributed by atoms with Crippen molar-refractivity contribution < 1.29 is 14.7 Å². The molecule has 1 heterocycles. The van der Waals surface area contributed by atoms with Crippen LogP contribution in [0.1, 0.15) is 34.8 Å². The van der Waals surface area contributed by atoms with E-state index < -0.39 is 0 Å². The molecule has 0 bridgehead atoms. The predicted octanol–water partition coefficient (Wildman–Crippen LogP) is 1.31. The summed E-state index contributed by atoms with van der Waals surface area (Å²) in [6.07, 6.45) is 0.515. The Morgan fingerprint density at radius 3 is 2.55 bits per heavy atom. The fraction of sp³-hybridized carbons (Fsp3) is 0.571. The average molecular weight is 298 g/mol. The Balaban J connectivity index is 2.41. The van der Waals surface area contributed by atoms with Gasteiger partial charge in [-0.3, -0.25) is 9.59 Å². The summed E-state index contributed by atoms with van der Waals surface area (Å²) < 4.78 is 0. The van der Waals surface area contributed by atoms with E-state index in [0.29, 0.717) is 11.3 Å². The zero-order chi connectivity index (χ0) is 15.1. The second kappa shape index (κ2) is 8.01. The molecule has 0 aromatic carbocycles. The molecule has 1 atom stereocenters. The zero-order valence-corrected chi connectivity index (χ0v) is 12.9. The van der Waals surface area contributed by atoms with Crippen molar-refractivity contribution in [3.8, 4) is 0 Å². The molecule has 1 unspecified atom stereocenters. The van der Waals surface area contributed by atoms with Crippen LogP contribution in [0.3, 0.4) is 0 Å². The molecular formula is C14H22N2O3S. The minimum atomic E-state index is -0.237. The molecule has 1 rings (SSSR count). The number of rotatable bonds is 7. The minimum Gasteiger partial charge on any atom is -0.396 e. The van der Waals surface area contributed by atoms with Gasteiger partial charge in [-0.05, 0) is 31.4 Å². The van der Waals surface area contributed by atoms with Crippen molar-refractivity contribution in [2.75, 3.05) is 13.2 Å². The van der Waals surface area contributed by atoms with E-state index >= 15 is 0 Å². The monoisotopic (exact) mass is 298 g/mol. The lowest BCUT2D eigenvalue weighted by Crippen LogP contribution is -2.44. The van der Waals surface area contributed by atoms with Gasteiger partial charge in [-0.2, -0.15) is 0 Å². The molecule has 1 aromatic rings. The Morgan fingerprint density at radius 2 is 2.05 bits per heavy atom. The van der Waals surface area contributed by atoms with Crippen molar-refractivity contribution in [2.45, 2.75) is 33.2 Å². The van der Waals surface area contributed by atoms with Crippen LogP contribution in [0.4, 0.5) is 0 Å². The van der Waals surface area contributed by atoms with Crippen LogP contribution in [0.5, 0.6) is 0 Å². The first-order chi connectivity index (χ1) is 9.43. The smallest absolute Gasteiger partial charge is 0.261 e. The Labute approximate surface area is 123 Å². The van der Waals surface area contributed by atoms with Gasteiger partial charge in [-0.1, -0.05) is 13.8 Å². The van der Waals surface area contributed by atoms with Crippen molar-refractivity contribution >= 4 is 23.2 Å². The van der Waals surface area contributed by atoms with Crippen LogP contribution >= 0.6 is 11.3 Å². The van der Waals surface area contributed by atoms with Gasteiger partial charge in [-0.15, -0.1) is 11.3 Å². The summed E-state index contributed by atoms with van der Waals surface area (Å²) >= 11 is 1.40. The van der Waals surface area contributed by atoms with Gasteiger partial charge in [0.2, 0.25) is 5.91 Å². The highest BCUT2D eigenvalue weighted by molar-refractivity contribution is 7.13. The number of aliphatic hydroxyl groups excluding tert-OH is 1. The van der Waals surface area contributed by atoms with Crippen molar-refractivity contribution in [1.29, 1.82) is 0 Å². The summed E-state index contributed by atoms with van der Waals surface area (Å²) in [5.41, 5.74) is 0. The predicted molar refractivity (Wildman–Crippen MR) is 79.9 cm³/mol. The van der Waals surface area contributed by atoms with Crippen LogP contribution in [-0.4, -0.2) is 36.1 Å². The van der Waals surface area contributed by atoms with E-state index in [0.717, 1.165) is 4.88 Å². The summed E-state index contributed by atoms with van der Waals surface area (Å²) in [4.78, 5) is 25.2. The van der Waals surface area contributed by atoms with Gasteiger partial charge in [0.25, 0.3) is 5.91 Å². The van der Waals surface area contributed by atoms with E-state index in [4.69, 9.17) is 5.11 Å². The van der Waals surface area contributed by atoms with Crippen LogP contribution in [-0.2, 0) is 4.79 Å². The number of carbonyl (C=O) groups excluding carboxylic acids is 2. The Morgan fingerprint density at radius 1 is 1.35 bits per heavy atom. The number of aliphatic hydroxyl groups is 1. The molecule has 0 aliphatic heterocycles. The fourth-order valence-electron chi connectivity index (χ4n) is 1.77. The molecule has 3 N–H and O–H groups in total. The van der Waals surface area contributed by atoms with E-state index in [1.54, 1.807) is 6.07 Å². The highest BCUT2D eigenvalue weighted by atomic mass is 32.1. The molecule has 0 spiro atoms. The molecule has 0 radical (unpaired) electrons. The van der Waals surface area contributed by atoms with Crippen LogP contribution in [0.2, 0.25) is 0 Å². The number of hydrogen-bond acceptors (Lipinski definition) is 4. The van der Waals surface area contributed by atoms with Gasteiger partial charge in [0.05, 0.1) is 11.4 Å². The SMILES string of the molecule is Cc1ccc(C(=O)NCC(=O)NC(CCO)C(C)C)s1. The Bertz CT molecular complexity index is 457. The van der Waals surface area contributed by atoms with Crippen LogP contribution in [0.15, 0.2) is 12.1 Å². The largest absolute Gasteiger partial charge is 0.396 e. The molecule has 112 valence electrons. The number of carbonyl (C=O) groups is 2. The maximum Gasteiger partial charge on any atom is 0.261 e. The summed E-state index contributed by atoms with van der Waals surface area (Å²) in [6, 6.07) is 3.54. The topological polar surface area (TPSA) is 78.4 Å². The van der Waals surface area contributed by atoms with Gasteiger partial charge < -0.3 is 15.7 Å². The molecule has 6 heteroatoms. The lowest BCUT2D eigenvalue weighted by molar-refractivity contribution is -0.121. The molecule has 1 aromatic heterocycles. The molecular weight excluding hydrogens is 276 g/mol. The third-order valence-electron chi connectivity index (χ3n) is 2.96. The summed E-state index contributed by atoms with van der Waals surface area (Å²) in [5, 5.41) is 14.4. The minimum absolute atomic E-state index is 0.0317. The fourth-order valence-corrected chi connectivity index (χ4v) is 2.56. The second-order valence-electron chi connectivity index (χ2n) is 5.02. The molecule has 0 saturated carbocycles. The maximum absolute atomic E-state index is 11.8. The third kappa shape index (κ3) is 5.30. The molecule has 0 aliphatic rings. The lowest BCUT2D eigenvalue weighted by atomic mass is 10.0. The van der Waals surface area contributed by atoms with Crippen molar-refractivity contribution in [3.63, 3.8) is 0 Å². The highest BCUT2D eigenvalue weighted by Gasteiger charge is 2.16. The molecule has 5 nitrogen and oxygen atoms in total. The van der Waals surface area contributed by atoms with Gasteiger partial charge in [-0.25, -0.2) is 0 Å². The average Bonchev–Trinajstić information content (AvgIpc) is 2.82. The first-order valence-electron chi connectivity index (χ1n) is 6.69. The Hall–Kier alpha value is -1.40. The van der Waals surface area contributed by atoms with E-state index in [1.165, 1.54) is 11.3 Å². The number of thiophene rings is 1. The number of nitrogens with one attached hydrogen (secondary N) is 2. The molecule has 20 heavy (non-hydrogen) atoms. The van der Waals surface area contributed by atoms with Crippen molar-refractivity contribution in [2.24, 2.45) is 5.92 Å². The van der Waals surface area contributed by atoms with Crippen LogP contribution < -0.4 is 10.6 Å². The van der Waals surface area contributed by atoms with Crippen LogP contribution in [0.25, 0.3) is 0 Å². The number of aryl methyl sites for hydroxylation is 1. The van der Waals surface area contributed by atoms with Crippen LogP contribution in [0, 0.1) is 12.8 Å². The zero-order valence-electron chi connectivity index (χ0n) is 12.1. The third-order valence-corrected chi connectivity index (χ3v) is 3.96. The standard InChI is InChI=1S/C14H22N2O3S/c1-9(2)11(6-7-17)16-13(18)8-15-14(19)12-5-4-10(3)20-12/h4-5,9,11,17H,6-8H2,1-3H3,(H,15,19)(H,16,18). The van der Waals surface area contributed by atoms with E-state index in [1.807, 2.05) is 26.8 Å². The summed E-state index contributed by atoms with van der Waals surface area (Å²) in [5.74, 6) is -0.234. The molecule has 0 fully saturated rings. The van der Waals surface area contributed by atoms with Gasteiger partial charge in [0, 0.05) is 17.5 Å². The van der Waals surface area contributed by atoms with Gasteiger partial charge >= 0.3 is 0 Å². The van der Waals surface area contributed by atoms with Crippen molar-refractivity contribution in [3.05, 3.63) is 21.9 Å². The molecule has 2 amide bonds. The lowest BCUT2D eigenvalue weighted by Gasteiger charge is -2.21. The highest BCUT2D eigenvalue weighted by Crippen LogP contribution is 2.14. The van der Waals surface area contributed by atoms with Crippen molar-refractivity contribution in [1.82, 2.24) is 10.6 Å². The maximum atomic E-state index is 11.8. The molecule has 0 aliphatic carbocycles. The van der Waals surface area contributed by atoms with E-state index in [9.17, 15) is 9.59 Å². The first-order valence-corrected chi connectivity index (χ1v) is 7.50. The Kier molecular flexibility index (Phi) is 6.67. The number of amides is 2. The summed E-state index contributed by atoms with van der Waals surface area (Å²) in [7, 11) is 0. The number of hydrogen-bond donors (Lipinski definition) is 3. The van der Waals surface area contributed by atoms with E-state index in [2.05, 4.69) is 10.6 Å². The quantitative estimate of drug-likeness (QED) is 0.710. The van der Waals surface area contributed by atoms with E-state index in [-0.39, 0.29) is 36.9 Å². The molecule has 0 saturated heterocycles.